The molecule has 3 aromatic carbocycles. The first-order valence-corrected chi connectivity index (χ1v) is 14.7. The van der Waals surface area contributed by atoms with Crippen LogP contribution in [0.25, 0.3) is 0 Å². The molecule has 1 aliphatic rings. The summed E-state index contributed by atoms with van der Waals surface area (Å²) in [6.45, 7) is 0.773. The van der Waals surface area contributed by atoms with E-state index in [1.54, 1.807) is 34.1 Å². The van der Waals surface area contributed by atoms with Gasteiger partial charge in [0.2, 0.25) is 0 Å². The van der Waals surface area contributed by atoms with Gasteiger partial charge in [-0.3, -0.25) is 14.4 Å². The summed E-state index contributed by atoms with van der Waals surface area (Å²) in [6.07, 6.45) is 3.55. The zero-order valence-corrected chi connectivity index (χ0v) is 25.0. The van der Waals surface area contributed by atoms with Gasteiger partial charge in [-0.2, -0.15) is 0 Å². The van der Waals surface area contributed by atoms with Crippen molar-refractivity contribution in [1.82, 2.24) is 4.90 Å². The number of anilines is 1. The van der Waals surface area contributed by atoms with Crippen LogP contribution >= 0.6 is 45.8 Å². The van der Waals surface area contributed by atoms with Crippen LogP contribution in [0.3, 0.4) is 0 Å². The zero-order valence-electron chi connectivity index (χ0n) is 21.3. The van der Waals surface area contributed by atoms with Crippen molar-refractivity contribution in [1.29, 1.82) is 0 Å². The summed E-state index contributed by atoms with van der Waals surface area (Å²) in [5.41, 5.74) is 2.81. The number of amides is 2. The first-order valence-electron chi connectivity index (χ1n) is 12.9. The summed E-state index contributed by atoms with van der Waals surface area (Å²) in [4.78, 5) is 42.7. The van der Waals surface area contributed by atoms with Gasteiger partial charge < -0.3 is 14.9 Å². The van der Waals surface area contributed by atoms with Crippen LogP contribution in [0.1, 0.15) is 59.6 Å². The van der Waals surface area contributed by atoms with Gasteiger partial charge in [-0.1, -0.05) is 60.3 Å². The van der Waals surface area contributed by atoms with Crippen LogP contribution in [0.5, 0.6) is 0 Å². The molecule has 0 spiro atoms. The zero-order chi connectivity index (χ0) is 27.9. The summed E-state index contributed by atoms with van der Waals surface area (Å²) >= 11 is 14.4. The predicted molar refractivity (Wildman–Crippen MR) is 163 cm³/mol. The topological polar surface area (TPSA) is 77.9 Å². The van der Waals surface area contributed by atoms with E-state index in [1.165, 1.54) is 0 Å². The van der Waals surface area contributed by atoms with E-state index >= 15 is 0 Å². The maximum absolute atomic E-state index is 14.3. The van der Waals surface area contributed by atoms with Gasteiger partial charge in [0.05, 0.1) is 11.3 Å². The van der Waals surface area contributed by atoms with Crippen LogP contribution in [0.4, 0.5) is 5.69 Å². The fourth-order valence-corrected chi connectivity index (χ4v) is 5.56. The van der Waals surface area contributed by atoms with E-state index < -0.39 is 12.0 Å². The van der Waals surface area contributed by atoms with Crippen molar-refractivity contribution in [3.63, 3.8) is 0 Å². The number of fused-ring (bicyclic) bond motifs is 1. The van der Waals surface area contributed by atoms with Crippen LogP contribution in [0.15, 0.2) is 66.7 Å². The van der Waals surface area contributed by atoms with Crippen LogP contribution in [-0.2, 0) is 16.0 Å². The molecule has 1 aliphatic heterocycles. The Kier molecular flexibility index (Phi) is 10.3. The van der Waals surface area contributed by atoms with E-state index in [0.29, 0.717) is 59.2 Å². The minimum absolute atomic E-state index is 0.139. The molecule has 2 amide bonds. The molecule has 0 fully saturated rings. The average molecular weight is 679 g/mol. The second kappa shape index (κ2) is 13.6. The van der Waals surface area contributed by atoms with Crippen LogP contribution in [-0.4, -0.2) is 40.9 Å². The minimum atomic E-state index is -0.820. The summed E-state index contributed by atoms with van der Waals surface area (Å²) in [7, 11) is 0. The third kappa shape index (κ3) is 7.52. The lowest BCUT2D eigenvalue weighted by atomic mass is 10.0. The molecule has 1 heterocycles. The van der Waals surface area contributed by atoms with Gasteiger partial charge in [0.15, 0.2) is 0 Å². The Balaban J connectivity index is 1.68. The first kappa shape index (κ1) is 29.4. The number of hydrogen-bond acceptors (Lipinski definition) is 3. The highest BCUT2D eigenvalue weighted by atomic mass is 127. The molecule has 0 aromatic heterocycles. The Hall–Kier alpha value is -2.62. The van der Waals surface area contributed by atoms with Gasteiger partial charge >= 0.3 is 5.97 Å². The Bertz CT molecular complexity index is 1330. The fourth-order valence-electron chi connectivity index (χ4n) is 4.82. The van der Waals surface area contributed by atoms with Crippen molar-refractivity contribution in [2.24, 2.45) is 0 Å². The molecule has 0 saturated heterocycles. The van der Waals surface area contributed by atoms with E-state index in [9.17, 15) is 14.4 Å². The largest absolute Gasteiger partial charge is 0.481 e. The molecule has 0 unspecified atom stereocenters. The highest BCUT2D eigenvalue weighted by Crippen LogP contribution is 2.36. The number of carbonyl (C=O) groups is 3. The van der Waals surface area contributed by atoms with Crippen molar-refractivity contribution in [3.05, 3.63) is 97.0 Å². The van der Waals surface area contributed by atoms with Crippen molar-refractivity contribution in [2.45, 2.75) is 44.6 Å². The number of unbranched alkanes of at least 4 members (excludes halogenated alkanes) is 3. The summed E-state index contributed by atoms with van der Waals surface area (Å²) in [5, 5.41) is 10.1. The van der Waals surface area contributed by atoms with Gasteiger partial charge in [-0.25, -0.2) is 0 Å². The third-order valence-corrected chi connectivity index (χ3v) is 7.99. The number of nitrogens with zero attached hydrogens (tertiary/aromatic N) is 2. The molecule has 204 valence electrons. The van der Waals surface area contributed by atoms with Crippen LogP contribution in [0, 0.1) is 3.57 Å². The number of rotatable bonds is 11. The molecular weight excluding hydrogens is 650 g/mol. The van der Waals surface area contributed by atoms with Crippen molar-refractivity contribution >= 4 is 69.3 Å². The van der Waals surface area contributed by atoms with Gasteiger partial charge in [-0.05, 0) is 95.4 Å². The quantitative estimate of drug-likeness (QED) is 0.169. The SMILES string of the molecule is O=C(O)CCCCCCN1C(=O)[C@H](c2ccc(Cl)cc2)N(CCc2ccc(Cl)cc2)C(=O)c2cc(I)ccc21. The first-order chi connectivity index (χ1) is 18.7. The van der Waals surface area contributed by atoms with Gasteiger partial charge in [0.25, 0.3) is 11.8 Å². The second-order valence-electron chi connectivity index (χ2n) is 9.54. The second-order valence-corrected chi connectivity index (χ2v) is 11.7. The molecule has 0 aliphatic carbocycles. The van der Waals surface area contributed by atoms with E-state index in [2.05, 4.69) is 22.6 Å². The van der Waals surface area contributed by atoms with Crippen molar-refractivity contribution in [3.8, 4) is 0 Å². The molecule has 6 nitrogen and oxygen atoms in total. The Morgan fingerprint density at radius 1 is 0.846 bits per heavy atom. The standard InChI is InChI=1S/C30H29Cl2IN2O4/c31-22-10-6-20(7-11-22)16-18-35-28(21-8-12-23(32)13-9-21)30(39)34(17-4-2-1-3-5-27(36)37)26-15-14-24(33)19-25(26)29(35)38/h6-15,19,28H,1-5,16-18H2,(H,36,37)/t28-/m0/s1. The number of hydrogen-bond donors (Lipinski definition) is 1. The molecule has 0 bridgehead atoms. The van der Waals surface area contributed by atoms with Gasteiger partial charge in [0, 0.05) is 33.1 Å². The molecule has 39 heavy (non-hydrogen) atoms. The molecule has 0 saturated carbocycles. The maximum Gasteiger partial charge on any atom is 0.303 e. The lowest BCUT2D eigenvalue weighted by Gasteiger charge is -2.31. The summed E-state index contributed by atoms with van der Waals surface area (Å²) in [6, 6.07) is 19.3. The molecule has 0 radical (unpaired) electrons. The average Bonchev–Trinajstić information content (AvgIpc) is 2.99. The third-order valence-electron chi connectivity index (χ3n) is 6.82. The molecule has 1 N–H and O–H groups in total. The number of carboxylic acid groups (broad SMARTS) is 1. The number of carboxylic acids is 1. The van der Waals surface area contributed by atoms with Crippen LogP contribution < -0.4 is 4.90 Å². The lowest BCUT2D eigenvalue weighted by molar-refractivity contribution is -0.137. The lowest BCUT2D eigenvalue weighted by Crippen LogP contribution is -2.43. The number of aliphatic carboxylic acids is 1. The number of benzene rings is 3. The number of halogens is 3. The minimum Gasteiger partial charge on any atom is -0.481 e. The van der Waals surface area contributed by atoms with E-state index in [4.69, 9.17) is 28.3 Å². The molecule has 3 aromatic rings. The molecular formula is C30H29Cl2IN2O4. The van der Waals surface area contributed by atoms with Crippen molar-refractivity contribution < 1.29 is 19.5 Å². The smallest absolute Gasteiger partial charge is 0.303 e. The monoisotopic (exact) mass is 678 g/mol. The predicted octanol–water partition coefficient (Wildman–Crippen LogP) is 7.41. The number of carbonyl (C=O) groups excluding carboxylic acids is 2. The summed E-state index contributed by atoms with van der Waals surface area (Å²) in [5.74, 6) is -1.17. The summed E-state index contributed by atoms with van der Waals surface area (Å²) < 4.78 is 0.906. The Morgan fingerprint density at radius 2 is 1.49 bits per heavy atom. The van der Waals surface area contributed by atoms with E-state index in [-0.39, 0.29) is 18.2 Å². The van der Waals surface area contributed by atoms with Gasteiger partial charge in [0.1, 0.15) is 6.04 Å². The fraction of sp³-hybridized carbons (Fsp3) is 0.300. The maximum atomic E-state index is 14.3. The highest BCUT2D eigenvalue weighted by Gasteiger charge is 2.40. The molecule has 4 rings (SSSR count). The highest BCUT2D eigenvalue weighted by molar-refractivity contribution is 14.1. The molecule has 9 heteroatoms. The normalized spacial score (nSPS) is 15.3. The van der Waals surface area contributed by atoms with Crippen molar-refractivity contribution in [2.75, 3.05) is 18.0 Å². The Labute approximate surface area is 252 Å². The van der Waals surface area contributed by atoms with E-state index in [0.717, 1.165) is 22.0 Å². The Morgan fingerprint density at radius 3 is 2.15 bits per heavy atom. The van der Waals surface area contributed by atoms with Crippen LogP contribution in [0.2, 0.25) is 10.0 Å². The molecule has 1 atom stereocenters. The van der Waals surface area contributed by atoms with E-state index in [1.807, 2.05) is 42.5 Å². The van der Waals surface area contributed by atoms with Gasteiger partial charge in [-0.15, -0.1) is 0 Å².